The molecule has 0 unspecified atom stereocenters. The molecule has 0 aliphatic carbocycles. The highest BCUT2D eigenvalue weighted by atomic mass is 32.2. The highest BCUT2D eigenvalue weighted by Gasteiger charge is 2.26. The SMILES string of the molecule is COc1ccc2nc(N3CCC(C(=O)Nc4ccc(SC)cc4)CC3)sc2c1. The zero-order chi connectivity index (χ0) is 19.5. The summed E-state index contributed by atoms with van der Waals surface area (Å²) in [6.45, 7) is 1.70. The molecule has 1 fully saturated rings. The molecular formula is C21H23N3O2S2. The van der Waals surface area contributed by atoms with Crippen LogP contribution >= 0.6 is 23.1 Å². The lowest BCUT2D eigenvalue weighted by Gasteiger charge is -2.31. The molecule has 4 rings (SSSR count). The first-order valence-corrected chi connectivity index (χ1v) is 11.3. The first kappa shape index (κ1) is 19.1. The van der Waals surface area contributed by atoms with Crippen LogP contribution in [0.5, 0.6) is 5.75 Å². The van der Waals surface area contributed by atoms with E-state index in [1.165, 1.54) is 4.90 Å². The van der Waals surface area contributed by atoms with Gasteiger partial charge in [-0.15, -0.1) is 11.8 Å². The fourth-order valence-corrected chi connectivity index (χ4v) is 4.86. The highest BCUT2D eigenvalue weighted by molar-refractivity contribution is 7.98. The van der Waals surface area contributed by atoms with Crippen molar-refractivity contribution >= 4 is 50.0 Å². The summed E-state index contributed by atoms with van der Waals surface area (Å²) in [6, 6.07) is 14.0. The number of thioether (sulfide) groups is 1. The van der Waals surface area contributed by atoms with E-state index in [-0.39, 0.29) is 11.8 Å². The van der Waals surface area contributed by atoms with Crippen molar-refractivity contribution in [2.45, 2.75) is 17.7 Å². The van der Waals surface area contributed by atoms with E-state index in [0.29, 0.717) is 0 Å². The van der Waals surface area contributed by atoms with Crippen LogP contribution in [0.3, 0.4) is 0 Å². The summed E-state index contributed by atoms with van der Waals surface area (Å²) < 4.78 is 6.43. The number of methoxy groups -OCH3 is 1. The quantitative estimate of drug-likeness (QED) is 0.604. The summed E-state index contributed by atoms with van der Waals surface area (Å²) in [5, 5.41) is 4.08. The van der Waals surface area contributed by atoms with Crippen molar-refractivity contribution < 1.29 is 9.53 Å². The fraction of sp³-hybridized carbons (Fsp3) is 0.333. The van der Waals surface area contributed by atoms with Gasteiger partial charge in [0.25, 0.3) is 0 Å². The molecule has 0 saturated carbocycles. The number of nitrogens with one attached hydrogen (secondary N) is 1. The van der Waals surface area contributed by atoms with Gasteiger partial charge in [0.15, 0.2) is 5.13 Å². The second-order valence-electron chi connectivity index (χ2n) is 6.81. The molecule has 1 aromatic heterocycles. The topological polar surface area (TPSA) is 54.5 Å². The Bertz CT molecular complexity index is 963. The summed E-state index contributed by atoms with van der Waals surface area (Å²) in [4.78, 5) is 20.8. The maximum absolute atomic E-state index is 12.6. The number of anilines is 2. The fourth-order valence-electron chi connectivity index (χ4n) is 3.41. The van der Waals surface area contributed by atoms with Gasteiger partial charge in [-0.2, -0.15) is 0 Å². The first-order valence-electron chi connectivity index (χ1n) is 9.30. The minimum absolute atomic E-state index is 0.0472. The molecule has 1 aliphatic heterocycles. The van der Waals surface area contributed by atoms with Gasteiger partial charge in [-0.3, -0.25) is 4.79 Å². The van der Waals surface area contributed by atoms with Gasteiger partial charge in [0.05, 0.1) is 17.3 Å². The van der Waals surface area contributed by atoms with Gasteiger partial charge in [0, 0.05) is 29.6 Å². The lowest BCUT2D eigenvalue weighted by atomic mass is 9.96. The minimum atomic E-state index is 0.0472. The number of hydrogen-bond donors (Lipinski definition) is 1. The molecule has 3 aromatic rings. The number of hydrogen-bond acceptors (Lipinski definition) is 6. The van der Waals surface area contributed by atoms with E-state index in [9.17, 15) is 4.79 Å². The van der Waals surface area contributed by atoms with Gasteiger partial charge in [0.1, 0.15) is 5.75 Å². The van der Waals surface area contributed by atoms with Gasteiger partial charge in [-0.1, -0.05) is 11.3 Å². The second kappa shape index (κ2) is 8.41. The number of aromatic nitrogens is 1. The number of rotatable bonds is 5. The monoisotopic (exact) mass is 413 g/mol. The van der Waals surface area contributed by atoms with E-state index in [1.54, 1.807) is 30.2 Å². The number of thiazole rings is 1. The van der Waals surface area contributed by atoms with E-state index < -0.39 is 0 Å². The van der Waals surface area contributed by atoms with Crippen molar-refractivity contribution in [2.24, 2.45) is 5.92 Å². The van der Waals surface area contributed by atoms with Gasteiger partial charge in [-0.05, 0) is 61.6 Å². The summed E-state index contributed by atoms with van der Waals surface area (Å²) >= 11 is 3.38. The van der Waals surface area contributed by atoms with Crippen molar-refractivity contribution in [1.29, 1.82) is 0 Å². The molecule has 2 heterocycles. The van der Waals surface area contributed by atoms with Gasteiger partial charge in [0.2, 0.25) is 5.91 Å². The number of carbonyl (C=O) groups excluding carboxylic acids is 1. The Kier molecular flexibility index (Phi) is 5.73. The lowest BCUT2D eigenvalue weighted by molar-refractivity contribution is -0.120. The third-order valence-corrected chi connectivity index (χ3v) is 6.90. The molecule has 1 amide bonds. The average Bonchev–Trinajstić information content (AvgIpc) is 3.17. The molecule has 2 aromatic carbocycles. The average molecular weight is 414 g/mol. The van der Waals surface area contributed by atoms with Crippen LogP contribution in [-0.2, 0) is 4.79 Å². The van der Waals surface area contributed by atoms with Crippen molar-refractivity contribution in [2.75, 3.05) is 36.7 Å². The van der Waals surface area contributed by atoms with Crippen LogP contribution in [0.4, 0.5) is 10.8 Å². The molecule has 0 spiro atoms. The molecule has 1 aliphatic rings. The molecule has 0 atom stereocenters. The van der Waals surface area contributed by atoms with E-state index in [0.717, 1.165) is 52.7 Å². The molecule has 0 bridgehead atoms. The Balaban J connectivity index is 1.36. The number of amides is 1. The van der Waals surface area contributed by atoms with E-state index in [2.05, 4.69) is 10.2 Å². The molecular weight excluding hydrogens is 390 g/mol. The Morgan fingerprint density at radius 2 is 1.96 bits per heavy atom. The third kappa shape index (κ3) is 4.10. The number of ether oxygens (including phenoxy) is 1. The molecule has 0 radical (unpaired) electrons. The van der Waals surface area contributed by atoms with Gasteiger partial charge in [-0.25, -0.2) is 4.98 Å². The van der Waals surface area contributed by atoms with Crippen LogP contribution in [0.1, 0.15) is 12.8 Å². The number of piperidine rings is 1. The van der Waals surface area contributed by atoms with Crippen LogP contribution in [0.15, 0.2) is 47.4 Å². The zero-order valence-electron chi connectivity index (χ0n) is 16.0. The summed E-state index contributed by atoms with van der Waals surface area (Å²) in [5.41, 5.74) is 1.86. The predicted octanol–water partition coefficient (Wildman–Crippen LogP) is 4.88. The molecule has 5 nitrogen and oxygen atoms in total. The molecule has 28 heavy (non-hydrogen) atoms. The summed E-state index contributed by atoms with van der Waals surface area (Å²) in [6.07, 6.45) is 3.73. The zero-order valence-corrected chi connectivity index (χ0v) is 17.6. The molecule has 146 valence electrons. The van der Waals surface area contributed by atoms with Crippen LogP contribution < -0.4 is 15.0 Å². The van der Waals surface area contributed by atoms with E-state index in [4.69, 9.17) is 9.72 Å². The van der Waals surface area contributed by atoms with Crippen LogP contribution in [-0.4, -0.2) is 37.3 Å². The van der Waals surface area contributed by atoms with Crippen molar-refractivity contribution in [3.63, 3.8) is 0 Å². The molecule has 1 N–H and O–H groups in total. The maximum atomic E-state index is 12.6. The summed E-state index contributed by atoms with van der Waals surface area (Å²) in [7, 11) is 1.68. The standard InChI is InChI=1S/C21H23N3O2S2/c1-26-16-5-8-18-19(13-16)28-21(23-18)24-11-9-14(10-12-24)20(25)22-15-3-6-17(27-2)7-4-15/h3-8,13-14H,9-12H2,1-2H3,(H,22,25). The first-order chi connectivity index (χ1) is 13.7. The maximum Gasteiger partial charge on any atom is 0.227 e. The third-order valence-electron chi connectivity index (χ3n) is 5.08. The Hall–Kier alpha value is -2.25. The Morgan fingerprint density at radius 1 is 1.21 bits per heavy atom. The highest BCUT2D eigenvalue weighted by Crippen LogP contribution is 2.33. The molecule has 1 saturated heterocycles. The number of benzene rings is 2. The normalized spacial score (nSPS) is 15.0. The van der Waals surface area contributed by atoms with Crippen molar-refractivity contribution in [3.8, 4) is 5.75 Å². The minimum Gasteiger partial charge on any atom is -0.497 e. The van der Waals surface area contributed by atoms with Crippen molar-refractivity contribution in [1.82, 2.24) is 4.98 Å². The summed E-state index contributed by atoms with van der Waals surface area (Å²) in [5.74, 6) is 1.01. The number of carbonyl (C=O) groups is 1. The Morgan fingerprint density at radius 3 is 2.64 bits per heavy atom. The van der Waals surface area contributed by atoms with Crippen LogP contribution in [0, 0.1) is 5.92 Å². The van der Waals surface area contributed by atoms with Gasteiger partial charge < -0.3 is 15.0 Å². The van der Waals surface area contributed by atoms with E-state index >= 15 is 0 Å². The number of fused-ring (bicyclic) bond motifs is 1. The smallest absolute Gasteiger partial charge is 0.227 e. The Labute approximate surface area is 173 Å². The van der Waals surface area contributed by atoms with Crippen molar-refractivity contribution in [3.05, 3.63) is 42.5 Å². The lowest BCUT2D eigenvalue weighted by Crippen LogP contribution is -2.38. The van der Waals surface area contributed by atoms with Crippen LogP contribution in [0.2, 0.25) is 0 Å². The largest absolute Gasteiger partial charge is 0.497 e. The van der Waals surface area contributed by atoms with Gasteiger partial charge >= 0.3 is 0 Å². The van der Waals surface area contributed by atoms with Crippen LogP contribution in [0.25, 0.3) is 10.2 Å². The number of nitrogens with zero attached hydrogens (tertiary/aromatic N) is 2. The predicted molar refractivity (Wildman–Crippen MR) is 118 cm³/mol. The molecule has 7 heteroatoms. The van der Waals surface area contributed by atoms with E-state index in [1.807, 2.05) is 48.7 Å². The second-order valence-corrected chi connectivity index (χ2v) is 8.70.